The molecule has 0 radical (unpaired) electrons. The van der Waals surface area contributed by atoms with Gasteiger partial charge in [0, 0.05) is 13.1 Å². The molecule has 5 N–H and O–H groups in total. The molecule has 2 aliphatic heterocycles. The molecule has 11 heteroatoms. The van der Waals surface area contributed by atoms with Gasteiger partial charge in [0.15, 0.2) is 0 Å². The van der Waals surface area contributed by atoms with Gasteiger partial charge in [0.1, 0.15) is 24.2 Å². The van der Waals surface area contributed by atoms with E-state index >= 15 is 0 Å². The molecule has 0 aromatic rings. The van der Waals surface area contributed by atoms with E-state index in [-0.39, 0.29) is 0 Å². The van der Waals surface area contributed by atoms with E-state index in [0.29, 0.717) is 50.9 Å². The van der Waals surface area contributed by atoms with Crippen molar-refractivity contribution in [1.29, 1.82) is 0 Å². The lowest BCUT2D eigenvalue weighted by Gasteiger charge is -2.30. The van der Waals surface area contributed by atoms with Gasteiger partial charge in [-0.1, -0.05) is 0 Å². The third-order valence-corrected chi connectivity index (χ3v) is 6.04. The third-order valence-electron chi connectivity index (χ3n) is 5.40. The van der Waals surface area contributed by atoms with Crippen molar-refractivity contribution in [3.05, 3.63) is 0 Å². The highest BCUT2D eigenvalue weighted by atomic mass is 32.2. The van der Waals surface area contributed by atoms with Gasteiger partial charge in [0.05, 0.1) is 6.61 Å². The van der Waals surface area contributed by atoms with Crippen LogP contribution in [0, 0.1) is 0 Å². The summed E-state index contributed by atoms with van der Waals surface area (Å²) in [6.07, 6.45) is 4.32. The molecule has 0 aromatic carbocycles. The first kappa shape index (κ1) is 23.4. The molecule has 3 amide bonds. The van der Waals surface area contributed by atoms with Crippen molar-refractivity contribution in [3.8, 4) is 0 Å². The Balaban J connectivity index is 2.10. The molecule has 10 nitrogen and oxygen atoms in total. The molecular formula is C18H30N4O6S. The topological polar surface area (TPSA) is 153 Å². The molecule has 164 valence electrons. The fourth-order valence-corrected chi connectivity index (χ4v) is 4.31. The number of nitrogens with two attached hydrogens (primary N) is 1. The molecule has 2 fully saturated rings. The first-order chi connectivity index (χ1) is 13.8. The number of nitrogens with zero attached hydrogens (tertiary/aromatic N) is 2. The lowest BCUT2D eigenvalue weighted by Crippen LogP contribution is -2.57. The number of thioether (sulfide) groups is 1. The molecule has 2 heterocycles. The van der Waals surface area contributed by atoms with Crippen LogP contribution in [0.3, 0.4) is 0 Å². The van der Waals surface area contributed by atoms with E-state index in [0.717, 1.165) is 0 Å². The van der Waals surface area contributed by atoms with E-state index in [9.17, 15) is 24.3 Å². The smallest absolute Gasteiger partial charge is 0.326 e. The molecule has 2 saturated heterocycles. The Bertz CT molecular complexity index is 633. The first-order valence-corrected chi connectivity index (χ1v) is 11.2. The lowest BCUT2D eigenvalue weighted by molar-refractivity contribution is -0.149. The molecule has 4 atom stereocenters. The summed E-state index contributed by atoms with van der Waals surface area (Å²) in [7, 11) is 0. The van der Waals surface area contributed by atoms with Gasteiger partial charge in [-0.2, -0.15) is 11.8 Å². The van der Waals surface area contributed by atoms with Crippen molar-refractivity contribution >= 4 is 35.5 Å². The quantitative estimate of drug-likeness (QED) is 0.349. The summed E-state index contributed by atoms with van der Waals surface area (Å²) in [5.41, 5.74) is 5.61. The number of carbonyl (C=O) groups is 4. The van der Waals surface area contributed by atoms with E-state index in [1.807, 2.05) is 6.26 Å². The van der Waals surface area contributed by atoms with E-state index in [4.69, 9.17) is 10.8 Å². The number of aliphatic carboxylic acids is 1. The van der Waals surface area contributed by atoms with E-state index in [1.165, 1.54) is 21.6 Å². The number of aliphatic hydroxyl groups is 1. The van der Waals surface area contributed by atoms with Crippen LogP contribution in [-0.2, 0) is 19.2 Å². The highest BCUT2D eigenvalue weighted by Gasteiger charge is 2.40. The highest BCUT2D eigenvalue weighted by Crippen LogP contribution is 2.21. The van der Waals surface area contributed by atoms with Gasteiger partial charge >= 0.3 is 5.97 Å². The van der Waals surface area contributed by atoms with Gasteiger partial charge in [-0.3, -0.25) is 14.4 Å². The van der Waals surface area contributed by atoms with Crippen LogP contribution in [0.4, 0.5) is 0 Å². The van der Waals surface area contributed by atoms with Gasteiger partial charge in [0.25, 0.3) is 0 Å². The zero-order valence-electron chi connectivity index (χ0n) is 16.6. The minimum atomic E-state index is -1.08. The van der Waals surface area contributed by atoms with Crippen LogP contribution < -0.4 is 11.1 Å². The van der Waals surface area contributed by atoms with Crippen molar-refractivity contribution in [1.82, 2.24) is 15.1 Å². The molecule has 2 rings (SSSR count). The average Bonchev–Trinajstić information content (AvgIpc) is 3.38. The van der Waals surface area contributed by atoms with Crippen LogP contribution in [0.5, 0.6) is 0 Å². The number of carboxylic acids is 1. The molecule has 0 aliphatic carbocycles. The van der Waals surface area contributed by atoms with Crippen LogP contribution in [0.25, 0.3) is 0 Å². The van der Waals surface area contributed by atoms with Gasteiger partial charge < -0.3 is 31.1 Å². The second-order valence-electron chi connectivity index (χ2n) is 7.35. The zero-order chi connectivity index (χ0) is 21.6. The molecular weight excluding hydrogens is 400 g/mol. The fraction of sp³-hybridized carbons (Fsp3) is 0.778. The number of rotatable bonds is 9. The van der Waals surface area contributed by atoms with Crippen molar-refractivity contribution in [3.63, 3.8) is 0 Å². The van der Waals surface area contributed by atoms with Gasteiger partial charge in [-0.25, -0.2) is 4.79 Å². The van der Waals surface area contributed by atoms with Crippen molar-refractivity contribution in [2.75, 3.05) is 31.7 Å². The zero-order valence-corrected chi connectivity index (χ0v) is 17.4. The summed E-state index contributed by atoms with van der Waals surface area (Å²) in [6.45, 7) is 0.201. The fourth-order valence-electron chi connectivity index (χ4n) is 3.84. The number of likely N-dealkylation sites (tertiary alicyclic amines) is 2. The van der Waals surface area contributed by atoms with Crippen molar-refractivity contribution in [2.45, 2.75) is 56.3 Å². The standard InChI is InChI=1S/C18H30N4O6S/c1-29-9-6-12(17(26)22-8-3-5-14(22)18(27)28)20-15(24)13-4-2-7-21(13)16(25)11(19)10-23/h11-14,23H,2-10,19H2,1H3,(H,20,24)(H,27,28). The van der Waals surface area contributed by atoms with Crippen LogP contribution in [0.2, 0.25) is 0 Å². The maximum Gasteiger partial charge on any atom is 0.326 e. The number of carboxylic acid groups (broad SMARTS) is 1. The van der Waals surface area contributed by atoms with Gasteiger partial charge in [-0.05, 0) is 44.1 Å². The van der Waals surface area contributed by atoms with Crippen molar-refractivity contribution < 1.29 is 29.4 Å². The number of hydrogen-bond donors (Lipinski definition) is 4. The Morgan fingerprint density at radius 3 is 2.24 bits per heavy atom. The first-order valence-electron chi connectivity index (χ1n) is 9.81. The summed E-state index contributed by atoms with van der Waals surface area (Å²) in [6, 6.07) is -3.56. The third kappa shape index (κ3) is 5.61. The summed E-state index contributed by atoms with van der Waals surface area (Å²) < 4.78 is 0. The largest absolute Gasteiger partial charge is 0.480 e. The average molecular weight is 431 g/mol. The predicted molar refractivity (Wildman–Crippen MR) is 107 cm³/mol. The SMILES string of the molecule is CSCCC(NC(=O)C1CCCN1C(=O)C(N)CO)C(=O)N1CCCC1C(=O)O. The Labute approximate surface area is 174 Å². The summed E-state index contributed by atoms with van der Waals surface area (Å²) in [5.74, 6) is -1.78. The molecule has 0 spiro atoms. The summed E-state index contributed by atoms with van der Waals surface area (Å²) >= 11 is 1.52. The minimum Gasteiger partial charge on any atom is -0.480 e. The van der Waals surface area contributed by atoms with Crippen LogP contribution in [0.15, 0.2) is 0 Å². The Morgan fingerprint density at radius 1 is 1.10 bits per heavy atom. The number of nitrogens with one attached hydrogen (secondary N) is 1. The molecule has 29 heavy (non-hydrogen) atoms. The van der Waals surface area contributed by atoms with Crippen LogP contribution in [0.1, 0.15) is 32.1 Å². The number of aliphatic hydroxyl groups excluding tert-OH is 1. The van der Waals surface area contributed by atoms with Crippen LogP contribution in [-0.4, -0.2) is 99.6 Å². The molecule has 0 saturated carbocycles. The second kappa shape index (κ2) is 10.8. The maximum absolute atomic E-state index is 13.0. The van der Waals surface area contributed by atoms with E-state index in [1.54, 1.807) is 0 Å². The lowest BCUT2D eigenvalue weighted by atomic mass is 10.1. The monoisotopic (exact) mass is 430 g/mol. The highest BCUT2D eigenvalue weighted by molar-refractivity contribution is 7.98. The molecule has 0 bridgehead atoms. The Hall–Kier alpha value is -1.85. The number of hydrogen-bond acceptors (Lipinski definition) is 7. The van der Waals surface area contributed by atoms with Crippen molar-refractivity contribution in [2.24, 2.45) is 5.73 Å². The normalized spacial score (nSPS) is 23.7. The minimum absolute atomic E-state index is 0.348. The predicted octanol–water partition coefficient (Wildman–Crippen LogP) is -1.39. The summed E-state index contributed by atoms with van der Waals surface area (Å²) in [5, 5.41) is 21.2. The van der Waals surface area contributed by atoms with Gasteiger partial charge in [0.2, 0.25) is 17.7 Å². The number of amides is 3. The Kier molecular flexibility index (Phi) is 8.72. The second-order valence-corrected chi connectivity index (χ2v) is 8.33. The molecule has 2 aliphatic rings. The van der Waals surface area contributed by atoms with E-state index in [2.05, 4.69) is 5.32 Å². The van der Waals surface area contributed by atoms with Crippen LogP contribution >= 0.6 is 11.8 Å². The molecule has 0 aromatic heterocycles. The summed E-state index contributed by atoms with van der Waals surface area (Å²) in [4.78, 5) is 52.3. The van der Waals surface area contributed by atoms with Gasteiger partial charge in [-0.15, -0.1) is 0 Å². The maximum atomic E-state index is 13.0. The Morgan fingerprint density at radius 2 is 1.69 bits per heavy atom. The number of carbonyl (C=O) groups excluding carboxylic acids is 3. The molecule has 4 unspecified atom stereocenters. The van der Waals surface area contributed by atoms with E-state index < -0.39 is 54.5 Å².